The predicted octanol–water partition coefficient (Wildman–Crippen LogP) is 3.45. The molecule has 0 radical (unpaired) electrons. The first-order chi connectivity index (χ1) is 16.6. The number of nitrogens with one attached hydrogen (secondary N) is 1. The summed E-state index contributed by atoms with van der Waals surface area (Å²) >= 11 is 0. The molecule has 2 N–H and O–H groups in total. The number of halogens is 1. The third kappa shape index (κ3) is 4.18. The lowest BCUT2D eigenvalue weighted by Gasteiger charge is -2.56. The van der Waals surface area contributed by atoms with Crippen LogP contribution in [-0.2, 0) is 7.05 Å². The summed E-state index contributed by atoms with van der Waals surface area (Å²) in [6.07, 6.45) is 7.41. The molecule has 0 spiro atoms. The van der Waals surface area contributed by atoms with Gasteiger partial charge in [-0.15, -0.1) is 0 Å². The van der Waals surface area contributed by atoms with Crippen molar-refractivity contribution in [3.8, 4) is 28.3 Å². The Kier molecular flexibility index (Phi) is 5.62. The summed E-state index contributed by atoms with van der Waals surface area (Å²) in [7, 11) is 3.50. The van der Waals surface area contributed by atoms with Gasteiger partial charge in [0.05, 0.1) is 29.8 Å². The Morgan fingerprint density at radius 3 is 2.66 bits per heavy atom. The van der Waals surface area contributed by atoms with Gasteiger partial charge in [0.25, 0.3) is 0 Å². The van der Waals surface area contributed by atoms with Crippen LogP contribution in [0, 0.1) is 0 Å². The van der Waals surface area contributed by atoms with E-state index < -0.39 is 11.7 Å². The maximum atomic E-state index is 15.6. The molecule has 2 bridgehead atoms. The van der Waals surface area contributed by atoms with Crippen molar-refractivity contribution in [2.45, 2.75) is 62.8 Å². The molecule has 8 nitrogen and oxygen atoms in total. The Morgan fingerprint density at radius 1 is 1.17 bits per heavy atom. The summed E-state index contributed by atoms with van der Waals surface area (Å²) in [6, 6.07) is 6.48. The first-order valence-electron chi connectivity index (χ1n) is 11.9. The standard InChI is InChI=1S/C26H31FN6O2/c1-25-9-5-10-26(2,31-25)23(27)20(13-25)33(4)22-15-28-19(14-29-22)17-7-6-16(12-21(17)34)18-8-11-32(3)24(35)30-18/h6-8,11-12,14-15,20,23,31,34H,5,9-10,13H2,1-4H3/t20-,23-,25-,26+/m0/s1. The third-order valence-electron chi connectivity index (χ3n) is 7.66. The highest BCUT2D eigenvalue weighted by Crippen LogP contribution is 2.43. The Balaban J connectivity index is 1.38. The van der Waals surface area contributed by atoms with Crippen molar-refractivity contribution in [2.75, 3.05) is 11.9 Å². The minimum atomic E-state index is -1.03. The summed E-state index contributed by atoms with van der Waals surface area (Å²) in [5, 5.41) is 14.2. The van der Waals surface area contributed by atoms with Crippen molar-refractivity contribution < 1.29 is 9.50 Å². The van der Waals surface area contributed by atoms with Gasteiger partial charge in [-0.05, 0) is 57.7 Å². The summed E-state index contributed by atoms with van der Waals surface area (Å²) < 4.78 is 17.0. The van der Waals surface area contributed by atoms with Crippen LogP contribution in [0.15, 0.2) is 47.7 Å². The lowest BCUT2D eigenvalue weighted by molar-refractivity contribution is 0.00197. The molecule has 4 atom stereocenters. The minimum Gasteiger partial charge on any atom is -0.507 e. The normalized spacial score (nSPS) is 28.0. The van der Waals surface area contributed by atoms with Crippen molar-refractivity contribution in [3.63, 3.8) is 0 Å². The van der Waals surface area contributed by atoms with Crippen LogP contribution >= 0.6 is 0 Å². The van der Waals surface area contributed by atoms with E-state index in [1.54, 1.807) is 49.9 Å². The quantitative estimate of drug-likeness (QED) is 0.593. The van der Waals surface area contributed by atoms with Gasteiger partial charge in [0, 0.05) is 42.5 Å². The smallest absolute Gasteiger partial charge is 0.347 e. The Hall–Kier alpha value is -3.33. The topological polar surface area (TPSA) is 96.2 Å². The number of nitrogens with zero attached hydrogens (tertiary/aromatic N) is 5. The molecular formula is C26H31FN6O2. The molecule has 2 aromatic heterocycles. The zero-order valence-electron chi connectivity index (χ0n) is 20.5. The number of hydrogen-bond acceptors (Lipinski definition) is 7. The van der Waals surface area contributed by atoms with Gasteiger partial charge in [-0.1, -0.05) is 6.07 Å². The van der Waals surface area contributed by atoms with E-state index in [1.165, 1.54) is 4.57 Å². The second-order valence-electron chi connectivity index (χ2n) is 10.4. The van der Waals surface area contributed by atoms with Gasteiger partial charge in [-0.3, -0.25) is 4.98 Å². The van der Waals surface area contributed by atoms with Crippen LogP contribution in [0.4, 0.5) is 10.2 Å². The molecule has 1 aromatic carbocycles. The van der Waals surface area contributed by atoms with Gasteiger partial charge in [-0.2, -0.15) is 4.98 Å². The zero-order chi connectivity index (χ0) is 25.0. The van der Waals surface area contributed by atoms with Crippen LogP contribution in [-0.4, -0.2) is 55.0 Å². The van der Waals surface area contributed by atoms with Gasteiger partial charge in [0.1, 0.15) is 17.7 Å². The van der Waals surface area contributed by atoms with Gasteiger partial charge < -0.3 is 19.9 Å². The first-order valence-corrected chi connectivity index (χ1v) is 11.9. The number of rotatable bonds is 4. The molecule has 5 rings (SSSR count). The fourth-order valence-corrected chi connectivity index (χ4v) is 5.69. The van der Waals surface area contributed by atoms with E-state index in [1.807, 2.05) is 18.9 Å². The van der Waals surface area contributed by atoms with Crippen LogP contribution in [0.3, 0.4) is 0 Å². The number of piperidine rings is 2. The number of aromatic nitrogens is 4. The van der Waals surface area contributed by atoms with E-state index in [0.717, 1.165) is 19.3 Å². The van der Waals surface area contributed by atoms with E-state index in [2.05, 4.69) is 27.2 Å². The lowest BCUT2D eigenvalue weighted by atomic mass is 9.68. The minimum absolute atomic E-state index is 0.0104. The highest BCUT2D eigenvalue weighted by atomic mass is 19.1. The molecule has 2 aliphatic heterocycles. The second kappa shape index (κ2) is 8.41. The lowest BCUT2D eigenvalue weighted by Crippen LogP contribution is -2.72. The highest BCUT2D eigenvalue weighted by molar-refractivity contribution is 5.72. The molecule has 0 unspecified atom stereocenters. The number of anilines is 1. The summed E-state index contributed by atoms with van der Waals surface area (Å²) in [5.74, 6) is 0.602. The van der Waals surface area contributed by atoms with E-state index >= 15 is 4.39 Å². The van der Waals surface area contributed by atoms with Gasteiger partial charge in [-0.25, -0.2) is 14.2 Å². The molecule has 35 heavy (non-hydrogen) atoms. The summed E-state index contributed by atoms with van der Waals surface area (Å²) in [6.45, 7) is 4.17. The number of benzene rings is 1. The van der Waals surface area contributed by atoms with E-state index in [0.29, 0.717) is 34.8 Å². The molecular weight excluding hydrogens is 447 g/mol. The number of aryl methyl sites for hydroxylation is 1. The van der Waals surface area contributed by atoms with Gasteiger partial charge in [0.15, 0.2) is 0 Å². The van der Waals surface area contributed by atoms with Crippen molar-refractivity contribution in [3.05, 3.63) is 53.3 Å². The average molecular weight is 479 g/mol. The maximum Gasteiger partial charge on any atom is 0.347 e. The second-order valence-corrected chi connectivity index (χ2v) is 10.4. The number of phenols is 1. The number of aromatic hydroxyl groups is 1. The molecule has 184 valence electrons. The molecule has 0 amide bonds. The summed E-state index contributed by atoms with van der Waals surface area (Å²) in [4.78, 5) is 26.8. The fraction of sp³-hybridized carbons (Fsp3) is 0.462. The van der Waals surface area contributed by atoms with Crippen LogP contribution in [0.2, 0.25) is 0 Å². The number of hydrogen-bond donors (Lipinski definition) is 2. The molecule has 2 saturated heterocycles. The zero-order valence-corrected chi connectivity index (χ0v) is 20.5. The van der Waals surface area contributed by atoms with E-state index in [-0.39, 0.29) is 23.0 Å². The highest BCUT2D eigenvalue weighted by Gasteiger charge is 2.53. The fourth-order valence-electron chi connectivity index (χ4n) is 5.69. The van der Waals surface area contributed by atoms with Crippen molar-refractivity contribution in [2.24, 2.45) is 7.05 Å². The first kappa shape index (κ1) is 23.4. The maximum absolute atomic E-state index is 15.6. The molecule has 0 saturated carbocycles. The van der Waals surface area contributed by atoms with Crippen LogP contribution in [0.1, 0.15) is 39.5 Å². The van der Waals surface area contributed by atoms with Crippen molar-refractivity contribution in [1.29, 1.82) is 0 Å². The molecule has 2 aliphatic rings. The molecule has 0 aliphatic carbocycles. The molecule has 9 heteroatoms. The predicted molar refractivity (Wildman–Crippen MR) is 133 cm³/mol. The van der Waals surface area contributed by atoms with Crippen LogP contribution in [0.5, 0.6) is 5.75 Å². The van der Waals surface area contributed by atoms with Gasteiger partial charge in [0.2, 0.25) is 0 Å². The molecule has 4 heterocycles. The Bertz CT molecular complexity index is 1310. The molecule has 2 fully saturated rings. The molecule has 3 aromatic rings. The summed E-state index contributed by atoms with van der Waals surface area (Å²) in [5.41, 5.74) is 1.12. The SMILES string of the molecule is CN(c1cnc(-c2ccc(-c3ccn(C)c(=O)n3)cc2O)cn1)[C@H]1C[C@]2(C)CCC[C@@](C)(N2)[C@H]1F. The van der Waals surface area contributed by atoms with E-state index in [9.17, 15) is 9.90 Å². The van der Waals surface area contributed by atoms with Crippen LogP contribution in [0.25, 0.3) is 22.5 Å². The number of fused-ring (bicyclic) bond motifs is 2. The Morgan fingerprint density at radius 2 is 1.97 bits per heavy atom. The monoisotopic (exact) mass is 478 g/mol. The van der Waals surface area contributed by atoms with Gasteiger partial charge >= 0.3 is 5.69 Å². The number of alkyl halides is 1. The van der Waals surface area contributed by atoms with Crippen molar-refractivity contribution in [1.82, 2.24) is 24.8 Å². The Labute approximate surface area is 203 Å². The third-order valence-corrected chi connectivity index (χ3v) is 7.66. The average Bonchev–Trinajstić information content (AvgIpc) is 2.83. The van der Waals surface area contributed by atoms with E-state index in [4.69, 9.17) is 0 Å². The largest absolute Gasteiger partial charge is 0.507 e. The van der Waals surface area contributed by atoms with Crippen LogP contribution < -0.4 is 15.9 Å². The van der Waals surface area contributed by atoms with Crippen molar-refractivity contribution >= 4 is 5.82 Å². The number of phenolic OH excluding ortho intramolecular Hbond substituents is 1.